The first-order valence-electron chi connectivity index (χ1n) is 9.61. The first kappa shape index (κ1) is 24.5. The van der Waals surface area contributed by atoms with Crippen molar-refractivity contribution in [3.8, 4) is 28.4 Å². The van der Waals surface area contributed by atoms with E-state index in [0.717, 1.165) is 12.1 Å². The normalized spacial score (nSPS) is 11.5. The summed E-state index contributed by atoms with van der Waals surface area (Å²) in [5.74, 6) is -2.99. The van der Waals surface area contributed by atoms with Crippen molar-refractivity contribution in [1.82, 2.24) is 25.3 Å². The fourth-order valence-electron chi connectivity index (χ4n) is 2.81. The Labute approximate surface area is 190 Å². The van der Waals surface area contributed by atoms with Gasteiger partial charge in [-0.1, -0.05) is 11.6 Å². The first-order valence-corrected chi connectivity index (χ1v) is 9.98. The standard InChI is InChI=1S/C20H18ClF5N6O/c1-27-3-2-6-33-11-7-12(22)15(13(23)8-11)16-17(21)31-18(14-9-28-4-5-29-14)32-19(16)30-10-20(24,25)26/h4-5,7-9,27H,2-3,6,10H2,1H3,(H,30,31,32). The number of nitrogens with zero attached hydrogens (tertiary/aromatic N) is 4. The number of halogens is 6. The minimum Gasteiger partial charge on any atom is -0.493 e. The summed E-state index contributed by atoms with van der Waals surface area (Å²) in [5, 5.41) is 4.47. The van der Waals surface area contributed by atoms with E-state index < -0.39 is 46.5 Å². The minimum atomic E-state index is -4.64. The molecule has 2 heterocycles. The molecule has 0 atom stereocenters. The van der Waals surface area contributed by atoms with Crippen LogP contribution in [0.3, 0.4) is 0 Å². The zero-order valence-corrected chi connectivity index (χ0v) is 17.9. The van der Waals surface area contributed by atoms with E-state index in [9.17, 15) is 22.0 Å². The van der Waals surface area contributed by atoms with Gasteiger partial charge in [0, 0.05) is 24.5 Å². The van der Waals surface area contributed by atoms with Crippen LogP contribution in [0.2, 0.25) is 5.15 Å². The Kier molecular flexibility index (Phi) is 7.92. The van der Waals surface area contributed by atoms with Crippen molar-refractivity contribution in [2.24, 2.45) is 0 Å². The molecule has 0 aliphatic rings. The maximum atomic E-state index is 14.9. The van der Waals surface area contributed by atoms with Crippen LogP contribution in [0.15, 0.2) is 30.7 Å². The summed E-state index contributed by atoms with van der Waals surface area (Å²) in [6.45, 7) is -0.681. The van der Waals surface area contributed by atoms with Crippen LogP contribution in [-0.2, 0) is 0 Å². The molecule has 1 aromatic carbocycles. The molecule has 7 nitrogen and oxygen atoms in total. The smallest absolute Gasteiger partial charge is 0.405 e. The van der Waals surface area contributed by atoms with Crippen molar-refractivity contribution >= 4 is 17.4 Å². The van der Waals surface area contributed by atoms with Crippen molar-refractivity contribution in [2.75, 3.05) is 32.1 Å². The summed E-state index contributed by atoms with van der Waals surface area (Å²) in [6, 6.07) is 1.83. The Morgan fingerprint density at radius 1 is 1.06 bits per heavy atom. The van der Waals surface area contributed by atoms with Crippen LogP contribution in [0.5, 0.6) is 5.75 Å². The van der Waals surface area contributed by atoms with E-state index in [1.807, 2.05) is 5.32 Å². The molecule has 0 unspecified atom stereocenters. The molecule has 3 aromatic rings. The predicted octanol–water partition coefficient (Wildman–Crippen LogP) is 4.49. The summed E-state index contributed by atoms with van der Waals surface area (Å²) in [7, 11) is 1.75. The highest BCUT2D eigenvalue weighted by Crippen LogP contribution is 2.39. The quantitative estimate of drug-likeness (QED) is 0.261. The van der Waals surface area contributed by atoms with Gasteiger partial charge in [0.2, 0.25) is 0 Å². The van der Waals surface area contributed by atoms with Gasteiger partial charge >= 0.3 is 6.18 Å². The molecule has 0 fully saturated rings. The third-order valence-electron chi connectivity index (χ3n) is 4.22. The second-order valence-electron chi connectivity index (χ2n) is 6.69. The minimum absolute atomic E-state index is 0.0807. The van der Waals surface area contributed by atoms with Gasteiger partial charge in [-0.2, -0.15) is 13.2 Å². The summed E-state index contributed by atoms with van der Waals surface area (Å²) in [5.41, 5.74) is -1.06. The van der Waals surface area contributed by atoms with Crippen LogP contribution in [-0.4, -0.2) is 52.9 Å². The molecule has 3 rings (SSSR count). The number of aromatic nitrogens is 4. The largest absolute Gasteiger partial charge is 0.493 e. The number of anilines is 1. The predicted molar refractivity (Wildman–Crippen MR) is 112 cm³/mol. The Hall–Kier alpha value is -3.12. The van der Waals surface area contributed by atoms with E-state index in [1.54, 1.807) is 7.05 Å². The molecule has 13 heteroatoms. The van der Waals surface area contributed by atoms with E-state index in [1.165, 1.54) is 18.6 Å². The summed E-state index contributed by atoms with van der Waals surface area (Å²) in [6.07, 6.45) is -0.0896. The third kappa shape index (κ3) is 6.45. The molecule has 0 saturated carbocycles. The Balaban J connectivity index is 2.05. The Morgan fingerprint density at radius 2 is 1.79 bits per heavy atom. The van der Waals surface area contributed by atoms with Gasteiger partial charge in [0.05, 0.1) is 23.9 Å². The second kappa shape index (κ2) is 10.7. The van der Waals surface area contributed by atoms with Gasteiger partial charge in [0.25, 0.3) is 0 Å². The number of alkyl halides is 3. The lowest BCUT2D eigenvalue weighted by molar-refractivity contribution is -0.115. The van der Waals surface area contributed by atoms with Crippen molar-refractivity contribution in [3.63, 3.8) is 0 Å². The molecule has 0 radical (unpaired) electrons. The van der Waals surface area contributed by atoms with Crippen LogP contribution in [0, 0.1) is 11.6 Å². The third-order valence-corrected chi connectivity index (χ3v) is 4.49. The second-order valence-corrected chi connectivity index (χ2v) is 7.05. The highest BCUT2D eigenvalue weighted by Gasteiger charge is 2.30. The molecular weight excluding hydrogens is 471 g/mol. The van der Waals surface area contributed by atoms with Gasteiger partial charge in [0.1, 0.15) is 40.6 Å². The van der Waals surface area contributed by atoms with Gasteiger partial charge in [0.15, 0.2) is 5.82 Å². The van der Waals surface area contributed by atoms with Crippen molar-refractivity contribution in [3.05, 3.63) is 47.5 Å². The van der Waals surface area contributed by atoms with Crippen molar-refractivity contribution in [1.29, 1.82) is 0 Å². The molecule has 0 aliphatic carbocycles. The van der Waals surface area contributed by atoms with Gasteiger partial charge in [-0.25, -0.2) is 23.7 Å². The monoisotopic (exact) mass is 488 g/mol. The number of ether oxygens (including phenoxy) is 1. The Morgan fingerprint density at radius 3 is 2.39 bits per heavy atom. The highest BCUT2D eigenvalue weighted by atomic mass is 35.5. The molecule has 0 saturated heterocycles. The number of nitrogens with one attached hydrogen (secondary N) is 2. The average Bonchev–Trinajstić information content (AvgIpc) is 2.76. The topological polar surface area (TPSA) is 84.8 Å². The molecule has 33 heavy (non-hydrogen) atoms. The maximum absolute atomic E-state index is 14.9. The van der Waals surface area contributed by atoms with Gasteiger partial charge < -0.3 is 15.4 Å². The maximum Gasteiger partial charge on any atom is 0.405 e. The first-order chi connectivity index (χ1) is 15.7. The van der Waals surface area contributed by atoms with Crippen molar-refractivity contribution < 1.29 is 26.7 Å². The molecule has 0 aliphatic heterocycles. The number of hydrogen-bond acceptors (Lipinski definition) is 7. The summed E-state index contributed by atoms with van der Waals surface area (Å²) < 4.78 is 73.7. The molecule has 2 N–H and O–H groups in total. The molecular formula is C20H18ClF5N6O. The molecule has 0 amide bonds. The summed E-state index contributed by atoms with van der Waals surface area (Å²) >= 11 is 6.18. The zero-order chi connectivity index (χ0) is 24.0. The lowest BCUT2D eigenvalue weighted by Crippen LogP contribution is -2.22. The number of benzene rings is 1. The van der Waals surface area contributed by atoms with E-state index in [-0.39, 0.29) is 23.9 Å². The van der Waals surface area contributed by atoms with Gasteiger partial charge in [-0.3, -0.25) is 4.98 Å². The molecule has 176 valence electrons. The van der Waals surface area contributed by atoms with Crippen LogP contribution in [0.4, 0.5) is 27.8 Å². The van der Waals surface area contributed by atoms with Crippen LogP contribution < -0.4 is 15.4 Å². The van der Waals surface area contributed by atoms with Crippen molar-refractivity contribution in [2.45, 2.75) is 12.6 Å². The highest BCUT2D eigenvalue weighted by molar-refractivity contribution is 6.32. The van der Waals surface area contributed by atoms with Crippen LogP contribution in [0.1, 0.15) is 6.42 Å². The van der Waals surface area contributed by atoms with E-state index in [0.29, 0.717) is 13.0 Å². The summed E-state index contributed by atoms with van der Waals surface area (Å²) in [4.78, 5) is 15.7. The molecule has 0 bridgehead atoms. The molecule has 0 spiro atoms. The lowest BCUT2D eigenvalue weighted by atomic mass is 10.1. The Bertz CT molecular complexity index is 1080. The van der Waals surface area contributed by atoms with Gasteiger partial charge in [-0.05, 0) is 20.0 Å². The van der Waals surface area contributed by atoms with Crippen LogP contribution in [0.25, 0.3) is 22.6 Å². The zero-order valence-electron chi connectivity index (χ0n) is 17.2. The lowest BCUT2D eigenvalue weighted by Gasteiger charge is -2.17. The van der Waals surface area contributed by atoms with E-state index in [2.05, 4.69) is 25.3 Å². The number of rotatable bonds is 9. The SMILES string of the molecule is CNCCCOc1cc(F)c(-c2c(Cl)nc(-c3cnccn3)nc2NCC(F)(F)F)c(F)c1. The van der Waals surface area contributed by atoms with E-state index in [4.69, 9.17) is 16.3 Å². The van der Waals surface area contributed by atoms with E-state index >= 15 is 0 Å². The average molecular weight is 489 g/mol. The fraction of sp³-hybridized carbons (Fsp3) is 0.300. The molecule has 2 aromatic heterocycles. The number of hydrogen-bond donors (Lipinski definition) is 2. The van der Waals surface area contributed by atoms with Gasteiger partial charge in [-0.15, -0.1) is 0 Å². The fourth-order valence-corrected chi connectivity index (χ4v) is 3.07. The van der Waals surface area contributed by atoms with Crippen LogP contribution >= 0.6 is 11.6 Å².